The molecule has 0 spiro atoms. The number of azo groups is 2. The van der Waals surface area contributed by atoms with E-state index < -0.39 is 11.9 Å². The van der Waals surface area contributed by atoms with Gasteiger partial charge in [-0.15, -0.1) is 20.5 Å². The lowest BCUT2D eigenvalue weighted by molar-refractivity contribution is 0.0592. The number of hydrogen-bond acceptors (Lipinski definition) is 18. The molecule has 0 bridgehead atoms. The number of methoxy groups -OCH3 is 2. The summed E-state index contributed by atoms with van der Waals surface area (Å²) < 4.78 is 14.8. The second-order valence-electron chi connectivity index (χ2n) is 9.37. The molecule has 0 unspecified atom stereocenters. The number of hydrogen-bond donors (Lipinski definition) is 3. The van der Waals surface area contributed by atoms with Crippen LogP contribution < -0.4 is 16.8 Å². The van der Waals surface area contributed by atoms with E-state index in [-0.39, 0.29) is 63.6 Å². The highest BCUT2D eigenvalue weighted by Crippen LogP contribution is 2.33. The predicted molar refractivity (Wildman–Crippen MR) is 159 cm³/mol. The molecule has 238 valence electrons. The summed E-state index contributed by atoms with van der Waals surface area (Å²) in [6, 6.07) is 0. The van der Waals surface area contributed by atoms with Gasteiger partial charge in [0, 0.05) is 21.1 Å². The number of nitrogen functional groups attached to an aromatic ring is 2. The van der Waals surface area contributed by atoms with Crippen molar-refractivity contribution < 1.29 is 19.1 Å². The highest BCUT2D eigenvalue weighted by atomic mass is 16.5. The normalized spacial score (nSPS) is 11.5. The van der Waals surface area contributed by atoms with Gasteiger partial charge in [-0.05, 0) is 13.8 Å². The van der Waals surface area contributed by atoms with Crippen LogP contribution in [0.3, 0.4) is 0 Å². The average Bonchev–Trinajstić information content (AvgIpc) is 3.77. The molecule has 22 nitrogen and oxygen atoms in total. The predicted octanol–water partition coefficient (Wildman–Crippen LogP) is 1.94. The summed E-state index contributed by atoms with van der Waals surface area (Å²) >= 11 is 0. The van der Waals surface area contributed by atoms with Gasteiger partial charge in [0.1, 0.15) is 11.1 Å². The standard InChI is InChI=1S/C24H28N18O4/c1-10-14(33-35-18-12(20(43)45-6)8-28-39(18)4)16(25)41(37-10)23-30-22(27-3)31-24(32-23)42-17(26)15(11(2)38-42)34-36-19-13(21(44)46-7)9-29-40(19)5/h8-9H,25-26H2,1-7H3,(H,27,30,31,32)/b35-33+,36-34+. The summed E-state index contributed by atoms with van der Waals surface area (Å²) in [5, 5.41) is 36.5. The number of aromatic nitrogens is 11. The average molecular weight is 633 g/mol. The van der Waals surface area contributed by atoms with E-state index >= 15 is 0 Å². The summed E-state index contributed by atoms with van der Waals surface area (Å²) in [6.45, 7) is 3.32. The highest BCUT2D eigenvalue weighted by Gasteiger charge is 2.23. The molecule has 0 radical (unpaired) electrons. The van der Waals surface area contributed by atoms with Crippen molar-refractivity contribution in [2.24, 2.45) is 34.6 Å². The van der Waals surface area contributed by atoms with Crippen molar-refractivity contribution in [2.75, 3.05) is 38.1 Å². The van der Waals surface area contributed by atoms with Gasteiger partial charge in [0.2, 0.25) is 5.95 Å². The molecule has 0 aromatic carbocycles. The first-order valence-electron chi connectivity index (χ1n) is 13.2. The largest absolute Gasteiger partial charge is 0.465 e. The second-order valence-corrected chi connectivity index (χ2v) is 9.37. The summed E-state index contributed by atoms with van der Waals surface area (Å²) in [7, 11) is 7.30. The molecule has 0 aliphatic rings. The van der Waals surface area contributed by atoms with Crippen LogP contribution in [0, 0.1) is 13.8 Å². The van der Waals surface area contributed by atoms with Crippen LogP contribution in [0.5, 0.6) is 0 Å². The van der Waals surface area contributed by atoms with Gasteiger partial charge in [-0.3, -0.25) is 0 Å². The molecule has 0 fully saturated rings. The van der Waals surface area contributed by atoms with Gasteiger partial charge in [0.25, 0.3) is 11.9 Å². The lowest BCUT2D eigenvalue weighted by Crippen LogP contribution is -2.15. The first-order valence-corrected chi connectivity index (χ1v) is 13.2. The lowest BCUT2D eigenvalue weighted by Gasteiger charge is -2.08. The highest BCUT2D eigenvalue weighted by molar-refractivity contribution is 5.94. The van der Waals surface area contributed by atoms with Crippen molar-refractivity contribution >= 4 is 52.5 Å². The van der Waals surface area contributed by atoms with Gasteiger partial charge in [0.05, 0.1) is 38.0 Å². The minimum Gasteiger partial charge on any atom is -0.465 e. The maximum absolute atomic E-state index is 12.1. The first kappa shape index (κ1) is 30.8. The van der Waals surface area contributed by atoms with Gasteiger partial charge < -0.3 is 26.3 Å². The van der Waals surface area contributed by atoms with Gasteiger partial charge in [0.15, 0.2) is 34.6 Å². The molecule has 5 rings (SSSR count). The van der Waals surface area contributed by atoms with Crippen molar-refractivity contribution in [3.63, 3.8) is 0 Å². The fourth-order valence-electron chi connectivity index (χ4n) is 4.08. The fraction of sp³-hybridized carbons (Fsp3) is 0.292. The zero-order valence-corrected chi connectivity index (χ0v) is 25.7. The zero-order valence-electron chi connectivity index (χ0n) is 25.7. The van der Waals surface area contributed by atoms with Crippen LogP contribution in [0.15, 0.2) is 32.9 Å². The van der Waals surface area contributed by atoms with E-state index in [4.69, 9.17) is 20.9 Å². The molecule has 22 heteroatoms. The number of carbonyl (C=O) groups is 2. The molecule has 0 atom stereocenters. The number of rotatable bonds is 9. The van der Waals surface area contributed by atoms with Gasteiger partial charge >= 0.3 is 11.9 Å². The maximum Gasteiger partial charge on any atom is 0.343 e. The second kappa shape index (κ2) is 12.2. The SMILES string of the molecule is CNc1nc(-n2nc(C)c(/N=N/c3c(C(=O)OC)cnn3C)c2N)nc(-n2nc(C)c(/N=N/c3c(C(=O)OC)cnn3C)c2N)n1. The summed E-state index contributed by atoms with van der Waals surface area (Å²) in [5.41, 5.74) is 14.2. The van der Waals surface area contributed by atoms with E-state index in [9.17, 15) is 9.59 Å². The number of anilines is 3. The Bertz CT molecular complexity index is 1890. The van der Waals surface area contributed by atoms with Crippen LogP contribution in [0.4, 0.5) is 40.6 Å². The van der Waals surface area contributed by atoms with Crippen LogP contribution >= 0.6 is 0 Å². The van der Waals surface area contributed by atoms with E-state index in [1.54, 1.807) is 35.0 Å². The lowest BCUT2D eigenvalue weighted by atomic mass is 10.3. The molecule has 0 saturated heterocycles. The topological polar surface area (TPSA) is 276 Å². The molecule has 0 aliphatic carbocycles. The molecule has 5 N–H and O–H groups in total. The first-order chi connectivity index (χ1) is 22.0. The third-order valence-electron chi connectivity index (χ3n) is 6.46. The molecule has 0 amide bonds. The zero-order chi connectivity index (χ0) is 33.3. The van der Waals surface area contributed by atoms with Crippen LogP contribution in [-0.2, 0) is 23.6 Å². The Kier molecular flexibility index (Phi) is 8.16. The third-order valence-corrected chi connectivity index (χ3v) is 6.46. The quantitative estimate of drug-likeness (QED) is 0.155. The number of nitrogens with two attached hydrogens (primary N) is 2. The minimum absolute atomic E-state index is 0.000479. The number of carbonyl (C=O) groups excluding carboxylic acids is 2. The Morgan fingerprint density at radius 1 is 0.739 bits per heavy atom. The van der Waals surface area contributed by atoms with E-state index in [2.05, 4.69) is 61.1 Å². The molecular weight excluding hydrogens is 604 g/mol. The fourth-order valence-corrected chi connectivity index (χ4v) is 4.08. The van der Waals surface area contributed by atoms with Crippen molar-refractivity contribution in [2.45, 2.75) is 13.8 Å². The number of ether oxygens (including phenoxy) is 2. The Labute approximate surface area is 259 Å². The Morgan fingerprint density at radius 2 is 1.15 bits per heavy atom. The van der Waals surface area contributed by atoms with Crippen molar-refractivity contribution in [3.05, 3.63) is 34.9 Å². The number of nitrogens with one attached hydrogen (secondary N) is 1. The van der Waals surface area contributed by atoms with Crippen LogP contribution in [-0.4, -0.2) is 87.3 Å². The molecule has 46 heavy (non-hydrogen) atoms. The number of esters is 2. The summed E-state index contributed by atoms with van der Waals surface area (Å²) in [4.78, 5) is 37.4. The van der Waals surface area contributed by atoms with Crippen LogP contribution in [0.2, 0.25) is 0 Å². The number of aryl methyl sites for hydroxylation is 4. The van der Waals surface area contributed by atoms with Crippen LogP contribution in [0.1, 0.15) is 32.1 Å². The van der Waals surface area contributed by atoms with Gasteiger partial charge in [-0.2, -0.15) is 44.7 Å². The Balaban J connectivity index is 1.53. The van der Waals surface area contributed by atoms with Crippen molar-refractivity contribution in [1.82, 2.24) is 54.1 Å². The summed E-state index contributed by atoms with van der Waals surface area (Å²) in [5.74, 6) is -0.720. The van der Waals surface area contributed by atoms with Gasteiger partial charge in [-0.25, -0.2) is 19.0 Å². The third kappa shape index (κ3) is 5.44. The van der Waals surface area contributed by atoms with E-state index in [1.165, 1.54) is 45.3 Å². The van der Waals surface area contributed by atoms with E-state index in [0.717, 1.165) is 0 Å². The molecular formula is C24H28N18O4. The summed E-state index contributed by atoms with van der Waals surface area (Å²) in [6.07, 6.45) is 2.64. The molecule has 5 heterocycles. The van der Waals surface area contributed by atoms with Gasteiger partial charge in [-0.1, -0.05) is 0 Å². The van der Waals surface area contributed by atoms with E-state index in [0.29, 0.717) is 11.4 Å². The molecule has 5 aromatic heterocycles. The molecule has 0 aliphatic heterocycles. The minimum atomic E-state index is -0.625. The smallest absolute Gasteiger partial charge is 0.343 e. The van der Waals surface area contributed by atoms with E-state index in [1.807, 2.05) is 0 Å². The molecule has 0 saturated carbocycles. The molecule has 5 aromatic rings. The Hall–Kier alpha value is -6.61. The number of nitrogens with zero attached hydrogens (tertiary/aromatic N) is 15. The van der Waals surface area contributed by atoms with Crippen molar-refractivity contribution in [3.8, 4) is 11.9 Å². The maximum atomic E-state index is 12.1. The van der Waals surface area contributed by atoms with Crippen molar-refractivity contribution in [1.29, 1.82) is 0 Å². The van der Waals surface area contributed by atoms with Crippen LogP contribution in [0.25, 0.3) is 11.9 Å². The monoisotopic (exact) mass is 632 g/mol. The Morgan fingerprint density at radius 3 is 1.52 bits per heavy atom.